The van der Waals surface area contributed by atoms with Crippen LogP contribution in [0.5, 0.6) is 11.5 Å². The van der Waals surface area contributed by atoms with Crippen LogP contribution >= 0.6 is 0 Å². The molecule has 0 aromatic heterocycles. The monoisotopic (exact) mass is 344 g/mol. The Hall–Kier alpha value is -1.22. The molecule has 4 rings (SSSR count). The smallest absolute Gasteiger partial charge is 0.123 e. The maximum absolute atomic E-state index is 10.8. The van der Waals surface area contributed by atoms with Gasteiger partial charge >= 0.3 is 0 Å². The average Bonchev–Trinajstić information content (AvgIpc) is 2.86. The molecule has 2 saturated carbocycles. The highest BCUT2D eigenvalue weighted by Gasteiger charge is 2.63. The summed E-state index contributed by atoms with van der Waals surface area (Å²) in [5.41, 5.74) is 2.60. The van der Waals surface area contributed by atoms with E-state index < -0.39 is 0 Å². The summed E-state index contributed by atoms with van der Waals surface area (Å²) in [6, 6.07) is 3.90. The van der Waals surface area contributed by atoms with Gasteiger partial charge < -0.3 is 14.9 Å². The second kappa shape index (κ2) is 5.16. The van der Waals surface area contributed by atoms with Crippen LogP contribution in [0.1, 0.15) is 64.5 Å². The molecule has 5 atom stereocenters. The van der Waals surface area contributed by atoms with Gasteiger partial charge in [-0.15, -0.1) is 0 Å². The molecule has 3 nitrogen and oxygen atoms in total. The van der Waals surface area contributed by atoms with Crippen molar-refractivity contribution in [2.75, 3.05) is 7.11 Å². The van der Waals surface area contributed by atoms with Crippen LogP contribution in [0, 0.1) is 22.7 Å². The van der Waals surface area contributed by atoms with Crippen LogP contribution in [0.25, 0.3) is 0 Å². The van der Waals surface area contributed by atoms with Crippen LogP contribution < -0.4 is 4.74 Å². The molecule has 1 aromatic carbocycles. The van der Waals surface area contributed by atoms with Crippen LogP contribution in [-0.2, 0) is 11.8 Å². The molecule has 3 aliphatic rings. The van der Waals surface area contributed by atoms with E-state index in [2.05, 4.69) is 33.8 Å². The van der Waals surface area contributed by atoms with Crippen LogP contribution in [0.15, 0.2) is 12.1 Å². The van der Waals surface area contributed by atoms with Crippen molar-refractivity contribution in [3.63, 3.8) is 0 Å². The van der Waals surface area contributed by atoms with Crippen molar-refractivity contribution in [1.82, 2.24) is 0 Å². The number of aromatic hydroxyl groups is 1. The van der Waals surface area contributed by atoms with E-state index in [1.165, 1.54) is 5.56 Å². The number of phenols is 1. The number of aliphatic hydroxyl groups excluding tert-OH is 1. The number of benzene rings is 1. The van der Waals surface area contributed by atoms with Gasteiger partial charge in [0.2, 0.25) is 0 Å². The van der Waals surface area contributed by atoms with Crippen LogP contribution in [0.2, 0.25) is 0 Å². The van der Waals surface area contributed by atoms with E-state index in [4.69, 9.17) is 4.74 Å². The quantitative estimate of drug-likeness (QED) is 0.792. The van der Waals surface area contributed by atoms with Gasteiger partial charge in [-0.3, -0.25) is 0 Å². The maximum atomic E-state index is 10.8. The molecule has 138 valence electrons. The number of methoxy groups -OCH3 is 1. The highest BCUT2D eigenvalue weighted by atomic mass is 16.5. The molecule has 0 bridgehead atoms. The molecule has 0 radical (unpaired) electrons. The Balaban J connectivity index is 1.81. The van der Waals surface area contributed by atoms with Crippen molar-refractivity contribution in [1.29, 1.82) is 0 Å². The summed E-state index contributed by atoms with van der Waals surface area (Å²) in [7, 11) is 1.66. The first-order valence-electron chi connectivity index (χ1n) is 9.73. The summed E-state index contributed by atoms with van der Waals surface area (Å²) in [5, 5.41) is 21.4. The largest absolute Gasteiger partial charge is 0.507 e. The Morgan fingerprint density at radius 1 is 1.04 bits per heavy atom. The molecule has 2 N–H and O–H groups in total. The third-order valence-corrected chi connectivity index (χ3v) is 8.43. The van der Waals surface area contributed by atoms with E-state index in [0.717, 1.165) is 43.4 Å². The molecule has 0 heterocycles. The van der Waals surface area contributed by atoms with Crippen molar-refractivity contribution in [2.45, 2.75) is 71.3 Å². The van der Waals surface area contributed by atoms with Gasteiger partial charge in [-0.25, -0.2) is 0 Å². The SMILES string of the molecule is COc1cc(O)c2c(c1)C[C@H]1[C@]3(C)CC[C@@H](O)C(C)(C)[C@H]3CC[C@]21C. The standard InChI is InChI=1S/C22H32O3/c1-20(2)16-6-8-22(4)17(21(16,3)9-7-18(20)24)11-13-10-14(25-5)12-15(23)19(13)22/h10,12,16-18,23-24H,6-9,11H2,1-5H3/t16-,17+,18-,21-,22+/m1/s1. The van der Waals surface area contributed by atoms with Gasteiger partial charge in [0.05, 0.1) is 13.2 Å². The lowest BCUT2D eigenvalue weighted by molar-refractivity contribution is -0.151. The summed E-state index contributed by atoms with van der Waals surface area (Å²) < 4.78 is 5.39. The average molecular weight is 344 g/mol. The lowest BCUT2D eigenvalue weighted by Crippen LogP contribution is -2.58. The van der Waals surface area contributed by atoms with E-state index in [0.29, 0.717) is 17.6 Å². The summed E-state index contributed by atoms with van der Waals surface area (Å²) in [5.74, 6) is 2.19. The number of aliphatic hydroxyl groups is 1. The minimum atomic E-state index is -0.202. The molecule has 0 spiro atoms. The number of fused-ring (bicyclic) bond motifs is 5. The third kappa shape index (κ3) is 2.08. The summed E-state index contributed by atoms with van der Waals surface area (Å²) in [4.78, 5) is 0. The van der Waals surface area contributed by atoms with Gasteiger partial charge in [0.15, 0.2) is 0 Å². The fourth-order valence-electron chi connectivity index (χ4n) is 7.11. The van der Waals surface area contributed by atoms with Crippen molar-refractivity contribution < 1.29 is 14.9 Å². The molecule has 2 fully saturated rings. The van der Waals surface area contributed by atoms with Gasteiger partial charge in [-0.1, -0.05) is 27.7 Å². The normalized spacial score (nSPS) is 41.6. The minimum Gasteiger partial charge on any atom is -0.507 e. The second-order valence-corrected chi connectivity index (χ2v) is 9.83. The first kappa shape index (κ1) is 17.2. The van der Waals surface area contributed by atoms with Crippen LogP contribution in [0.3, 0.4) is 0 Å². The summed E-state index contributed by atoms with van der Waals surface area (Å²) in [6.07, 6.45) is 4.98. The van der Waals surface area contributed by atoms with Gasteiger partial charge in [0, 0.05) is 17.0 Å². The highest BCUT2D eigenvalue weighted by molar-refractivity contribution is 5.54. The summed E-state index contributed by atoms with van der Waals surface area (Å²) in [6.45, 7) is 9.32. The predicted octanol–water partition coefficient (Wildman–Crippen LogP) is 4.43. The molecule has 1 aromatic rings. The number of ether oxygens (including phenoxy) is 1. The Morgan fingerprint density at radius 3 is 2.44 bits per heavy atom. The highest BCUT2D eigenvalue weighted by Crippen LogP contribution is 2.68. The Labute approximate surface area is 151 Å². The van der Waals surface area contributed by atoms with Gasteiger partial charge in [-0.2, -0.15) is 0 Å². The van der Waals surface area contributed by atoms with Gasteiger partial charge in [-0.05, 0) is 66.4 Å². The van der Waals surface area contributed by atoms with Crippen LogP contribution in [-0.4, -0.2) is 23.4 Å². The van der Waals surface area contributed by atoms with E-state index >= 15 is 0 Å². The zero-order valence-corrected chi connectivity index (χ0v) is 16.2. The Morgan fingerprint density at radius 2 is 1.76 bits per heavy atom. The molecule has 25 heavy (non-hydrogen) atoms. The van der Waals surface area contributed by atoms with Crippen LogP contribution in [0.4, 0.5) is 0 Å². The van der Waals surface area contributed by atoms with E-state index in [1.54, 1.807) is 13.2 Å². The van der Waals surface area contributed by atoms with E-state index in [1.807, 2.05) is 0 Å². The zero-order chi connectivity index (χ0) is 18.2. The number of hydrogen-bond donors (Lipinski definition) is 2. The number of phenolic OH excluding ortho intramolecular Hbond substituents is 1. The maximum Gasteiger partial charge on any atom is 0.123 e. The lowest BCUT2D eigenvalue weighted by Gasteiger charge is -2.62. The van der Waals surface area contributed by atoms with Crippen molar-refractivity contribution in [3.8, 4) is 11.5 Å². The number of hydrogen-bond acceptors (Lipinski definition) is 3. The van der Waals surface area contributed by atoms with Crippen molar-refractivity contribution in [2.24, 2.45) is 22.7 Å². The fraction of sp³-hybridized carbons (Fsp3) is 0.727. The predicted molar refractivity (Wildman–Crippen MR) is 99.1 cm³/mol. The third-order valence-electron chi connectivity index (χ3n) is 8.43. The molecule has 0 saturated heterocycles. The first-order chi connectivity index (χ1) is 11.6. The zero-order valence-electron chi connectivity index (χ0n) is 16.2. The van der Waals surface area contributed by atoms with Gasteiger partial charge in [0.25, 0.3) is 0 Å². The van der Waals surface area contributed by atoms with Crippen molar-refractivity contribution >= 4 is 0 Å². The molecule has 0 amide bonds. The topological polar surface area (TPSA) is 49.7 Å². The molecule has 3 aliphatic carbocycles. The molecule has 3 heteroatoms. The fourth-order valence-corrected chi connectivity index (χ4v) is 7.11. The van der Waals surface area contributed by atoms with Crippen molar-refractivity contribution in [3.05, 3.63) is 23.3 Å². The summed E-state index contributed by atoms with van der Waals surface area (Å²) >= 11 is 0. The second-order valence-electron chi connectivity index (χ2n) is 9.83. The molecular formula is C22H32O3. The molecule has 0 unspecified atom stereocenters. The Bertz CT molecular complexity index is 709. The first-order valence-corrected chi connectivity index (χ1v) is 9.73. The number of rotatable bonds is 1. The van der Waals surface area contributed by atoms with Gasteiger partial charge in [0.1, 0.15) is 11.5 Å². The minimum absolute atomic E-state index is 0.0231. The Kier molecular flexibility index (Phi) is 3.55. The lowest BCUT2D eigenvalue weighted by atomic mass is 9.43. The van der Waals surface area contributed by atoms with E-state index in [9.17, 15) is 10.2 Å². The molecular weight excluding hydrogens is 312 g/mol. The van der Waals surface area contributed by atoms with E-state index in [-0.39, 0.29) is 22.3 Å². The molecule has 0 aliphatic heterocycles.